The van der Waals surface area contributed by atoms with E-state index in [0.717, 1.165) is 18.9 Å². The number of rotatable bonds is 7. The van der Waals surface area contributed by atoms with Gasteiger partial charge in [-0.1, -0.05) is 6.08 Å². The highest BCUT2D eigenvalue weighted by molar-refractivity contribution is 5.79. The molecule has 2 N–H and O–H groups in total. The molecule has 1 aromatic rings. The first kappa shape index (κ1) is 15.0. The Morgan fingerprint density at radius 1 is 1.37 bits per heavy atom. The lowest BCUT2D eigenvalue weighted by atomic mass is 10.3. The first-order valence-electron chi connectivity index (χ1n) is 6.20. The van der Waals surface area contributed by atoms with E-state index < -0.39 is 0 Å². The van der Waals surface area contributed by atoms with E-state index in [-0.39, 0.29) is 5.82 Å². The van der Waals surface area contributed by atoms with Crippen LogP contribution in [0.25, 0.3) is 0 Å². The summed E-state index contributed by atoms with van der Waals surface area (Å²) in [6.45, 7) is 5.61. The summed E-state index contributed by atoms with van der Waals surface area (Å²) in [4.78, 5) is 4.06. The normalized spacial score (nSPS) is 10.9. The lowest BCUT2D eigenvalue weighted by Crippen LogP contribution is -2.38. The molecule has 104 valence electrons. The fourth-order valence-corrected chi connectivity index (χ4v) is 1.39. The third-order valence-corrected chi connectivity index (χ3v) is 2.33. The highest BCUT2D eigenvalue weighted by Gasteiger charge is 1.96. The molecule has 0 bridgehead atoms. The molecule has 0 atom stereocenters. The molecule has 0 amide bonds. The topological polar surface area (TPSA) is 45.7 Å². The Labute approximate surface area is 113 Å². The second kappa shape index (κ2) is 8.97. The largest absolute Gasteiger partial charge is 0.494 e. The summed E-state index contributed by atoms with van der Waals surface area (Å²) in [5, 5.41) is 6.22. The number of guanidine groups is 1. The smallest absolute Gasteiger partial charge is 0.191 e. The van der Waals surface area contributed by atoms with Crippen LogP contribution in [0.2, 0.25) is 0 Å². The molecule has 0 saturated heterocycles. The Bertz CT molecular complexity index is 404. The van der Waals surface area contributed by atoms with Gasteiger partial charge in [0.1, 0.15) is 11.6 Å². The number of nitrogens with one attached hydrogen (secondary N) is 2. The molecule has 5 heteroatoms. The monoisotopic (exact) mass is 265 g/mol. The molecule has 0 aliphatic heterocycles. The van der Waals surface area contributed by atoms with E-state index in [0.29, 0.717) is 18.9 Å². The maximum Gasteiger partial charge on any atom is 0.191 e. The number of halogens is 1. The van der Waals surface area contributed by atoms with Crippen molar-refractivity contribution in [3.05, 3.63) is 42.7 Å². The van der Waals surface area contributed by atoms with Crippen LogP contribution in [0.3, 0.4) is 0 Å². The van der Waals surface area contributed by atoms with Gasteiger partial charge in [-0.05, 0) is 30.7 Å². The van der Waals surface area contributed by atoms with E-state index in [4.69, 9.17) is 4.74 Å². The minimum absolute atomic E-state index is 0.258. The molecule has 19 heavy (non-hydrogen) atoms. The van der Waals surface area contributed by atoms with E-state index in [2.05, 4.69) is 22.2 Å². The molecule has 0 radical (unpaired) electrons. The van der Waals surface area contributed by atoms with Gasteiger partial charge in [0.15, 0.2) is 5.96 Å². The molecular formula is C14H20FN3O. The second-order valence-electron chi connectivity index (χ2n) is 3.82. The highest BCUT2D eigenvalue weighted by Crippen LogP contribution is 2.10. The predicted molar refractivity (Wildman–Crippen MR) is 76.1 cm³/mol. The fourth-order valence-electron chi connectivity index (χ4n) is 1.39. The molecule has 0 unspecified atom stereocenters. The molecule has 0 aromatic heterocycles. The standard InChI is InChI=1S/C14H20FN3O/c1-3-9-17-14(16-2)18-10-4-11-19-13-7-5-12(15)6-8-13/h3,5-8H,1,4,9-11H2,2H3,(H2,16,17,18). The van der Waals surface area contributed by atoms with E-state index in [1.165, 1.54) is 12.1 Å². The molecule has 0 aliphatic rings. The Kier molecular flexibility index (Phi) is 7.09. The van der Waals surface area contributed by atoms with Gasteiger partial charge >= 0.3 is 0 Å². The molecule has 0 aliphatic carbocycles. The van der Waals surface area contributed by atoms with Crippen molar-refractivity contribution in [3.8, 4) is 5.75 Å². The van der Waals surface area contributed by atoms with E-state index >= 15 is 0 Å². The summed E-state index contributed by atoms with van der Waals surface area (Å²) in [5.74, 6) is 1.16. The fraction of sp³-hybridized carbons (Fsp3) is 0.357. The van der Waals surface area contributed by atoms with Gasteiger partial charge in [-0.15, -0.1) is 6.58 Å². The van der Waals surface area contributed by atoms with Crippen molar-refractivity contribution in [1.29, 1.82) is 0 Å². The van der Waals surface area contributed by atoms with Crippen molar-refractivity contribution in [2.24, 2.45) is 4.99 Å². The quantitative estimate of drug-likeness (QED) is 0.343. The van der Waals surface area contributed by atoms with Crippen LogP contribution in [0.5, 0.6) is 5.75 Å². The number of ether oxygens (including phenoxy) is 1. The lowest BCUT2D eigenvalue weighted by Gasteiger charge is -2.10. The maximum atomic E-state index is 12.7. The molecule has 1 rings (SSSR count). The average molecular weight is 265 g/mol. The Morgan fingerprint density at radius 2 is 2.11 bits per heavy atom. The SMILES string of the molecule is C=CCNC(=NC)NCCCOc1ccc(F)cc1. The van der Waals surface area contributed by atoms with Crippen molar-refractivity contribution >= 4 is 5.96 Å². The molecule has 0 heterocycles. The minimum Gasteiger partial charge on any atom is -0.494 e. The summed E-state index contributed by atoms with van der Waals surface area (Å²) in [5.41, 5.74) is 0. The summed E-state index contributed by atoms with van der Waals surface area (Å²) >= 11 is 0. The van der Waals surface area contributed by atoms with Crippen LogP contribution in [-0.2, 0) is 0 Å². The number of hydrogen-bond acceptors (Lipinski definition) is 2. The molecule has 4 nitrogen and oxygen atoms in total. The summed E-state index contributed by atoms with van der Waals surface area (Å²) in [6, 6.07) is 6.00. The van der Waals surface area contributed by atoms with Crippen molar-refractivity contribution in [1.82, 2.24) is 10.6 Å². The number of benzene rings is 1. The molecule has 0 spiro atoms. The van der Waals surface area contributed by atoms with Gasteiger partial charge in [-0.2, -0.15) is 0 Å². The number of hydrogen-bond donors (Lipinski definition) is 2. The van der Waals surface area contributed by atoms with Gasteiger partial charge in [0.2, 0.25) is 0 Å². The van der Waals surface area contributed by atoms with Crippen LogP contribution >= 0.6 is 0 Å². The third-order valence-electron chi connectivity index (χ3n) is 2.33. The molecular weight excluding hydrogens is 245 g/mol. The van der Waals surface area contributed by atoms with Crippen LogP contribution in [0.1, 0.15) is 6.42 Å². The average Bonchev–Trinajstić information content (AvgIpc) is 2.44. The summed E-state index contributed by atoms with van der Waals surface area (Å²) < 4.78 is 18.1. The van der Waals surface area contributed by atoms with Crippen LogP contribution in [-0.4, -0.2) is 32.7 Å². The molecule has 0 saturated carbocycles. The lowest BCUT2D eigenvalue weighted by molar-refractivity contribution is 0.310. The van der Waals surface area contributed by atoms with Crippen LogP contribution in [0.15, 0.2) is 41.9 Å². The van der Waals surface area contributed by atoms with Gasteiger partial charge < -0.3 is 15.4 Å². The zero-order chi connectivity index (χ0) is 13.9. The summed E-state index contributed by atoms with van der Waals surface area (Å²) in [7, 11) is 1.72. The van der Waals surface area contributed by atoms with E-state index in [1.807, 2.05) is 0 Å². The first-order chi connectivity index (χ1) is 9.26. The minimum atomic E-state index is -0.258. The number of aliphatic imine (C=N–C) groups is 1. The number of nitrogens with zero attached hydrogens (tertiary/aromatic N) is 1. The van der Waals surface area contributed by atoms with Crippen molar-refractivity contribution in [2.75, 3.05) is 26.7 Å². The van der Waals surface area contributed by atoms with Crippen molar-refractivity contribution in [2.45, 2.75) is 6.42 Å². The van der Waals surface area contributed by atoms with E-state index in [1.54, 1.807) is 25.3 Å². The molecule has 0 fully saturated rings. The van der Waals surface area contributed by atoms with E-state index in [9.17, 15) is 4.39 Å². The zero-order valence-electron chi connectivity index (χ0n) is 11.2. The van der Waals surface area contributed by atoms with Crippen LogP contribution in [0.4, 0.5) is 4.39 Å². The highest BCUT2D eigenvalue weighted by atomic mass is 19.1. The van der Waals surface area contributed by atoms with Crippen LogP contribution in [0, 0.1) is 5.82 Å². The van der Waals surface area contributed by atoms with Crippen LogP contribution < -0.4 is 15.4 Å². The third kappa shape index (κ3) is 6.45. The Hall–Kier alpha value is -2.04. The Balaban J connectivity index is 2.13. The van der Waals surface area contributed by atoms with Crippen molar-refractivity contribution in [3.63, 3.8) is 0 Å². The first-order valence-corrected chi connectivity index (χ1v) is 6.20. The van der Waals surface area contributed by atoms with Crippen molar-refractivity contribution < 1.29 is 9.13 Å². The second-order valence-corrected chi connectivity index (χ2v) is 3.82. The van der Waals surface area contributed by atoms with Gasteiger partial charge in [-0.3, -0.25) is 4.99 Å². The predicted octanol–water partition coefficient (Wildman–Crippen LogP) is 1.95. The summed E-state index contributed by atoms with van der Waals surface area (Å²) in [6.07, 6.45) is 2.59. The zero-order valence-corrected chi connectivity index (χ0v) is 11.2. The molecule has 1 aromatic carbocycles. The van der Waals surface area contributed by atoms with Gasteiger partial charge in [0.25, 0.3) is 0 Å². The van der Waals surface area contributed by atoms with Gasteiger partial charge in [-0.25, -0.2) is 4.39 Å². The van der Waals surface area contributed by atoms with Gasteiger partial charge in [0, 0.05) is 20.1 Å². The maximum absolute atomic E-state index is 12.7. The Morgan fingerprint density at radius 3 is 2.74 bits per heavy atom. The van der Waals surface area contributed by atoms with Gasteiger partial charge in [0.05, 0.1) is 6.61 Å².